The highest BCUT2D eigenvalue weighted by atomic mass is 32.1. The summed E-state index contributed by atoms with van der Waals surface area (Å²) in [6, 6.07) is 16.7. The zero-order valence-electron chi connectivity index (χ0n) is 17.0. The van der Waals surface area contributed by atoms with Crippen LogP contribution in [0.1, 0.15) is 11.4 Å². The number of H-pyrrole nitrogens is 2. The first kappa shape index (κ1) is 20.4. The molecular formula is C22H16N8O2S. The van der Waals surface area contributed by atoms with Crippen LogP contribution in [0.3, 0.4) is 0 Å². The zero-order valence-corrected chi connectivity index (χ0v) is 17.8. The highest BCUT2D eigenvalue weighted by Gasteiger charge is 2.33. The number of hydrogen-bond acceptors (Lipinski definition) is 7. The Morgan fingerprint density at radius 3 is 2.55 bits per heavy atom. The lowest BCUT2D eigenvalue weighted by atomic mass is 10.1. The first-order valence-corrected chi connectivity index (χ1v) is 10.3. The molecule has 4 heterocycles. The fourth-order valence-electron chi connectivity index (χ4n) is 3.40. The van der Waals surface area contributed by atoms with E-state index in [0.29, 0.717) is 17.2 Å². The van der Waals surface area contributed by atoms with Crippen LogP contribution in [0, 0.1) is 0 Å². The molecule has 1 saturated heterocycles. The lowest BCUT2D eigenvalue weighted by molar-refractivity contribution is -0.129. The standard InChI is InChI=1S/C22H16N8O2S/c31-20-17(21(32)30(22(33)25-20)12-16-3-1-2-10-23-16)11-15-8-9-18(24-15)13-4-6-14(7-5-13)19-26-28-29-27-19/h1-11,24H,12H2,(H,25,31,33)(H,26,27,28,29)/b17-11+. The number of thiocarbonyl (C=S) groups is 1. The fourth-order valence-corrected chi connectivity index (χ4v) is 3.64. The van der Waals surface area contributed by atoms with E-state index in [1.807, 2.05) is 36.4 Å². The van der Waals surface area contributed by atoms with Crippen LogP contribution in [0.15, 0.2) is 66.4 Å². The Hall–Kier alpha value is -4.51. The second-order valence-corrected chi connectivity index (χ2v) is 7.57. The maximum atomic E-state index is 13.0. The van der Waals surface area contributed by atoms with Crippen LogP contribution in [-0.4, -0.2) is 52.4 Å². The van der Waals surface area contributed by atoms with E-state index < -0.39 is 11.8 Å². The Morgan fingerprint density at radius 1 is 1.00 bits per heavy atom. The Morgan fingerprint density at radius 2 is 1.82 bits per heavy atom. The van der Waals surface area contributed by atoms with Crippen LogP contribution in [0.25, 0.3) is 28.7 Å². The molecule has 0 bridgehead atoms. The van der Waals surface area contributed by atoms with Gasteiger partial charge >= 0.3 is 0 Å². The minimum atomic E-state index is -0.538. The third-order valence-corrected chi connectivity index (χ3v) is 5.38. The number of pyridine rings is 1. The van der Waals surface area contributed by atoms with Crippen LogP contribution in [0.5, 0.6) is 0 Å². The molecule has 5 rings (SSSR count). The molecule has 1 aliphatic rings. The second-order valence-electron chi connectivity index (χ2n) is 7.18. The first-order valence-electron chi connectivity index (χ1n) is 9.91. The van der Waals surface area contributed by atoms with Crippen molar-refractivity contribution < 1.29 is 9.59 Å². The molecule has 162 valence electrons. The average Bonchev–Trinajstić information content (AvgIpc) is 3.53. The number of aromatic nitrogens is 6. The largest absolute Gasteiger partial charge is 0.355 e. The number of carbonyl (C=O) groups is 2. The van der Waals surface area contributed by atoms with Crippen molar-refractivity contribution in [3.8, 4) is 22.6 Å². The number of tetrazole rings is 1. The van der Waals surface area contributed by atoms with Crippen LogP contribution < -0.4 is 5.32 Å². The van der Waals surface area contributed by atoms with Gasteiger partial charge in [-0.2, -0.15) is 0 Å². The van der Waals surface area contributed by atoms with Gasteiger partial charge in [0.2, 0.25) is 0 Å². The van der Waals surface area contributed by atoms with Gasteiger partial charge in [-0.1, -0.05) is 30.3 Å². The number of hydrogen-bond donors (Lipinski definition) is 3. The number of aromatic amines is 2. The Labute approximate surface area is 192 Å². The fraction of sp³-hybridized carbons (Fsp3) is 0.0455. The van der Waals surface area contributed by atoms with E-state index in [1.165, 1.54) is 11.0 Å². The summed E-state index contributed by atoms with van der Waals surface area (Å²) >= 11 is 5.20. The quantitative estimate of drug-likeness (QED) is 0.238. The van der Waals surface area contributed by atoms with E-state index in [0.717, 1.165) is 16.8 Å². The van der Waals surface area contributed by atoms with Crippen LogP contribution in [0.2, 0.25) is 0 Å². The number of carbonyl (C=O) groups excluding carboxylic acids is 2. The highest BCUT2D eigenvalue weighted by molar-refractivity contribution is 7.80. The molecule has 10 nitrogen and oxygen atoms in total. The van der Waals surface area contributed by atoms with Gasteiger partial charge in [0.1, 0.15) is 5.57 Å². The normalized spacial score (nSPS) is 15.2. The van der Waals surface area contributed by atoms with Gasteiger partial charge in [0.15, 0.2) is 10.9 Å². The molecule has 1 aliphatic heterocycles. The third-order valence-electron chi connectivity index (χ3n) is 5.06. The Balaban J connectivity index is 1.38. The van der Waals surface area contributed by atoms with Gasteiger partial charge in [0, 0.05) is 23.1 Å². The second kappa shape index (κ2) is 8.55. The van der Waals surface area contributed by atoms with Crippen LogP contribution in [0.4, 0.5) is 0 Å². The lowest BCUT2D eigenvalue weighted by Crippen LogP contribution is -2.53. The Bertz CT molecular complexity index is 1360. The number of benzene rings is 1. The van der Waals surface area contributed by atoms with Gasteiger partial charge in [-0.3, -0.25) is 24.8 Å². The molecule has 0 spiro atoms. The smallest absolute Gasteiger partial charge is 0.266 e. The van der Waals surface area contributed by atoms with Crippen molar-refractivity contribution in [2.75, 3.05) is 0 Å². The molecule has 0 saturated carbocycles. The molecule has 4 aromatic rings. The Kier molecular flexibility index (Phi) is 5.29. The lowest BCUT2D eigenvalue weighted by Gasteiger charge is -2.28. The molecule has 0 atom stereocenters. The summed E-state index contributed by atoms with van der Waals surface area (Å²) in [4.78, 5) is 34.3. The molecule has 0 aliphatic carbocycles. The van der Waals surface area contributed by atoms with Crippen molar-refractivity contribution in [1.29, 1.82) is 0 Å². The van der Waals surface area contributed by atoms with E-state index in [9.17, 15) is 9.59 Å². The van der Waals surface area contributed by atoms with Gasteiger partial charge < -0.3 is 4.98 Å². The van der Waals surface area contributed by atoms with Crippen molar-refractivity contribution in [3.63, 3.8) is 0 Å². The number of nitrogens with one attached hydrogen (secondary N) is 3. The molecule has 0 radical (unpaired) electrons. The molecule has 1 fully saturated rings. The molecule has 3 aromatic heterocycles. The summed E-state index contributed by atoms with van der Waals surface area (Å²) in [7, 11) is 0. The van der Waals surface area contributed by atoms with E-state index >= 15 is 0 Å². The van der Waals surface area contributed by atoms with Crippen molar-refractivity contribution in [1.82, 2.24) is 40.8 Å². The van der Waals surface area contributed by atoms with E-state index in [2.05, 4.69) is 35.9 Å². The minimum absolute atomic E-state index is 0.0129. The number of amides is 2. The van der Waals surface area contributed by atoms with Crippen molar-refractivity contribution in [2.24, 2.45) is 0 Å². The maximum Gasteiger partial charge on any atom is 0.266 e. The predicted molar refractivity (Wildman–Crippen MR) is 123 cm³/mol. The molecule has 0 unspecified atom stereocenters. The topological polar surface area (TPSA) is 133 Å². The summed E-state index contributed by atoms with van der Waals surface area (Å²) in [6.45, 7) is 0.166. The summed E-state index contributed by atoms with van der Waals surface area (Å²) in [6.07, 6.45) is 3.15. The van der Waals surface area contributed by atoms with Crippen molar-refractivity contribution in [2.45, 2.75) is 6.54 Å². The average molecular weight is 456 g/mol. The molecular weight excluding hydrogens is 440 g/mol. The van der Waals surface area contributed by atoms with Gasteiger partial charge in [-0.05, 0) is 58.5 Å². The SMILES string of the molecule is O=C1NC(=S)N(Cc2ccccn2)C(=O)/C1=C/c1ccc(-c2ccc(-c3nnn[nH]3)cc2)[nH]1. The minimum Gasteiger partial charge on any atom is -0.355 e. The monoisotopic (exact) mass is 456 g/mol. The third kappa shape index (κ3) is 4.16. The molecule has 3 N–H and O–H groups in total. The summed E-state index contributed by atoms with van der Waals surface area (Å²) in [5, 5.41) is 16.4. The van der Waals surface area contributed by atoms with Crippen LogP contribution >= 0.6 is 12.2 Å². The van der Waals surface area contributed by atoms with E-state index in [1.54, 1.807) is 24.4 Å². The van der Waals surface area contributed by atoms with Gasteiger partial charge in [0.05, 0.1) is 12.2 Å². The molecule has 33 heavy (non-hydrogen) atoms. The number of nitrogens with zero attached hydrogens (tertiary/aromatic N) is 5. The summed E-state index contributed by atoms with van der Waals surface area (Å²) in [5.41, 5.74) is 3.86. The van der Waals surface area contributed by atoms with Gasteiger partial charge in [0.25, 0.3) is 11.8 Å². The summed E-state index contributed by atoms with van der Waals surface area (Å²) < 4.78 is 0. The van der Waals surface area contributed by atoms with Crippen molar-refractivity contribution >= 4 is 35.2 Å². The highest BCUT2D eigenvalue weighted by Crippen LogP contribution is 2.24. The van der Waals surface area contributed by atoms with Crippen molar-refractivity contribution in [3.05, 3.63) is 77.8 Å². The molecule has 2 amide bonds. The van der Waals surface area contributed by atoms with Gasteiger partial charge in [-0.15, -0.1) is 5.10 Å². The molecule has 1 aromatic carbocycles. The van der Waals surface area contributed by atoms with E-state index in [4.69, 9.17) is 12.2 Å². The predicted octanol–water partition coefficient (Wildman–Crippen LogP) is 2.08. The maximum absolute atomic E-state index is 13.0. The first-order chi connectivity index (χ1) is 16.1. The van der Waals surface area contributed by atoms with Gasteiger partial charge in [-0.25, -0.2) is 5.10 Å². The molecule has 11 heteroatoms. The van der Waals surface area contributed by atoms with Crippen LogP contribution in [-0.2, 0) is 16.1 Å². The zero-order chi connectivity index (χ0) is 22.8. The summed E-state index contributed by atoms with van der Waals surface area (Å²) in [5.74, 6) is -0.438. The number of rotatable bonds is 5. The van der Waals surface area contributed by atoms with E-state index in [-0.39, 0.29) is 17.2 Å².